The van der Waals surface area contributed by atoms with Crippen LogP contribution in [0.4, 0.5) is 5.69 Å². The molecule has 0 aliphatic carbocycles. The van der Waals surface area contributed by atoms with Gasteiger partial charge in [-0.25, -0.2) is 0 Å². The maximum Gasteiger partial charge on any atom is 0.269 e. The van der Waals surface area contributed by atoms with Crippen molar-refractivity contribution in [1.82, 2.24) is 0 Å². The van der Waals surface area contributed by atoms with Crippen LogP contribution < -0.4 is 0 Å². The lowest BCUT2D eigenvalue weighted by molar-refractivity contribution is -0.384. The Balaban J connectivity index is 2.57. The van der Waals surface area contributed by atoms with E-state index in [9.17, 15) is 14.9 Å². The number of allylic oxidation sites excluding steroid dienone is 2. The third kappa shape index (κ3) is 5.34. The summed E-state index contributed by atoms with van der Waals surface area (Å²) in [5.74, 6) is 0.465. The van der Waals surface area contributed by atoms with Crippen LogP contribution in [0.15, 0.2) is 36.4 Å². The van der Waals surface area contributed by atoms with Crippen LogP contribution in [0.25, 0.3) is 0 Å². The first-order valence-corrected chi connectivity index (χ1v) is 6.98. The quantitative estimate of drug-likeness (QED) is 0.408. The molecule has 0 saturated heterocycles. The molecule has 0 spiro atoms. The van der Waals surface area contributed by atoms with Crippen molar-refractivity contribution in [3.05, 3.63) is 52.1 Å². The number of hydrogen-bond acceptors (Lipinski definition) is 3. The van der Waals surface area contributed by atoms with Crippen LogP contribution in [0.2, 0.25) is 0 Å². The minimum absolute atomic E-state index is 0.0542. The molecular formula is C16H21NO3. The summed E-state index contributed by atoms with van der Waals surface area (Å²) in [6.07, 6.45) is 7.00. The van der Waals surface area contributed by atoms with Crippen molar-refractivity contribution in [2.24, 2.45) is 5.92 Å². The third-order valence-electron chi connectivity index (χ3n) is 3.21. The predicted molar refractivity (Wildman–Crippen MR) is 79.6 cm³/mol. The van der Waals surface area contributed by atoms with E-state index in [1.807, 2.05) is 0 Å². The zero-order valence-electron chi connectivity index (χ0n) is 12.0. The first-order valence-electron chi connectivity index (χ1n) is 6.98. The molecule has 0 fully saturated rings. The van der Waals surface area contributed by atoms with E-state index >= 15 is 0 Å². The van der Waals surface area contributed by atoms with E-state index in [0.29, 0.717) is 18.8 Å². The monoisotopic (exact) mass is 275 g/mol. The summed E-state index contributed by atoms with van der Waals surface area (Å²) in [6, 6.07) is 6.19. The van der Waals surface area contributed by atoms with E-state index in [2.05, 4.69) is 26.0 Å². The first-order chi connectivity index (χ1) is 9.56. The second-order valence-electron chi connectivity index (χ2n) is 4.85. The fourth-order valence-corrected chi connectivity index (χ4v) is 2.00. The van der Waals surface area contributed by atoms with E-state index in [1.165, 1.54) is 12.1 Å². The Morgan fingerprint density at radius 2 is 1.95 bits per heavy atom. The molecule has 0 aliphatic heterocycles. The van der Waals surface area contributed by atoms with Crippen LogP contribution in [0, 0.1) is 16.0 Å². The molecule has 0 saturated carbocycles. The molecule has 1 aromatic carbocycles. The minimum atomic E-state index is -0.436. The lowest BCUT2D eigenvalue weighted by Gasteiger charge is -2.09. The van der Waals surface area contributed by atoms with E-state index in [0.717, 1.165) is 18.4 Å². The molecule has 0 amide bonds. The molecule has 0 radical (unpaired) electrons. The number of nitrogens with zero attached hydrogens (tertiary/aromatic N) is 1. The molecule has 1 atom stereocenters. The number of Topliss-reactive ketones (excluding diaryl/α,β-unsaturated/α-hetero) is 1. The number of benzene rings is 1. The molecule has 0 aliphatic rings. The van der Waals surface area contributed by atoms with Gasteiger partial charge in [-0.05, 0) is 24.3 Å². The first kappa shape index (κ1) is 16.1. The summed E-state index contributed by atoms with van der Waals surface area (Å²) >= 11 is 0. The van der Waals surface area contributed by atoms with Crippen molar-refractivity contribution in [2.75, 3.05) is 0 Å². The number of nitro benzene ring substituents is 1. The maximum atomic E-state index is 12.0. The Morgan fingerprint density at radius 1 is 1.30 bits per heavy atom. The van der Waals surface area contributed by atoms with Crippen molar-refractivity contribution in [2.45, 2.75) is 39.5 Å². The highest BCUT2D eigenvalue weighted by Crippen LogP contribution is 2.16. The van der Waals surface area contributed by atoms with Crippen LogP contribution in [0.5, 0.6) is 0 Å². The van der Waals surface area contributed by atoms with Crippen molar-refractivity contribution in [1.29, 1.82) is 0 Å². The zero-order valence-corrected chi connectivity index (χ0v) is 12.0. The Bertz CT molecular complexity index is 477. The number of ketones is 1. The van der Waals surface area contributed by atoms with Crippen molar-refractivity contribution < 1.29 is 9.72 Å². The van der Waals surface area contributed by atoms with Crippen molar-refractivity contribution >= 4 is 11.5 Å². The normalized spacial score (nSPS) is 12.5. The molecular weight excluding hydrogens is 254 g/mol. The van der Waals surface area contributed by atoms with Gasteiger partial charge in [0.05, 0.1) is 4.92 Å². The van der Waals surface area contributed by atoms with E-state index in [-0.39, 0.29) is 11.5 Å². The average molecular weight is 275 g/mol. The molecule has 4 nitrogen and oxygen atoms in total. The van der Waals surface area contributed by atoms with Crippen LogP contribution in [-0.2, 0) is 11.2 Å². The smallest absolute Gasteiger partial charge is 0.269 e. The summed E-state index contributed by atoms with van der Waals surface area (Å²) in [4.78, 5) is 22.1. The van der Waals surface area contributed by atoms with Gasteiger partial charge in [0.15, 0.2) is 0 Å². The highest BCUT2D eigenvalue weighted by Gasteiger charge is 2.11. The topological polar surface area (TPSA) is 60.2 Å². The molecule has 4 heteroatoms. The van der Waals surface area contributed by atoms with Gasteiger partial charge in [0.25, 0.3) is 5.69 Å². The molecule has 0 N–H and O–H groups in total. The summed E-state index contributed by atoms with van der Waals surface area (Å²) in [6.45, 7) is 4.14. The van der Waals surface area contributed by atoms with Gasteiger partial charge < -0.3 is 0 Å². The number of carbonyl (C=O) groups is 1. The highest BCUT2D eigenvalue weighted by atomic mass is 16.6. The van der Waals surface area contributed by atoms with E-state index in [4.69, 9.17) is 0 Å². The molecule has 1 unspecified atom stereocenters. The van der Waals surface area contributed by atoms with Gasteiger partial charge >= 0.3 is 0 Å². The van der Waals surface area contributed by atoms with Gasteiger partial charge in [0.2, 0.25) is 0 Å². The molecule has 1 rings (SSSR count). The van der Waals surface area contributed by atoms with Crippen LogP contribution >= 0.6 is 0 Å². The molecule has 1 aromatic rings. The van der Waals surface area contributed by atoms with Gasteiger partial charge in [-0.2, -0.15) is 0 Å². The summed E-state index contributed by atoms with van der Waals surface area (Å²) in [7, 11) is 0. The highest BCUT2D eigenvalue weighted by molar-refractivity contribution is 5.81. The average Bonchev–Trinajstić information content (AvgIpc) is 2.43. The Labute approximate surface area is 119 Å². The third-order valence-corrected chi connectivity index (χ3v) is 3.21. The second kappa shape index (κ2) is 8.25. The predicted octanol–water partition coefficient (Wildman–Crippen LogP) is 4.09. The van der Waals surface area contributed by atoms with Gasteiger partial charge in [-0.1, -0.05) is 38.1 Å². The summed E-state index contributed by atoms with van der Waals surface area (Å²) < 4.78 is 0. The molecule has 20 heavy (non-hydrogen) atoms. The molecule has 0 bridgehead atoms. The van der Waals surface area contributed by atoms with Crippen LogP contribution in [0.1, 0.15) is 38.7 Å². The Hall–Kier alpha value is -1.97. The van der Waals surface area contributed by atoms with Gasteiger partial charge in [0, 0.05) is 25.0 Å². The largest absolute Gasteiger partial charge is 0.299 e. The maximum absolute atomic E-state index is 12.0. The van der Waals surface area contributed by atoms with E-state index < -0.39 is 4.92 Å². The number of carbonyl (C=O) groups excluding carboxylic acids is 1. The molecule has 0 heterocycles. The lowest BCUT2D eigenvalue weighted by Crippen LogP contribution is -2.08. The Morgan fingerprint density at radius 3 is 2.45 bits per heavy atom. The van der Waals surface area contributed by atoms with E-state index in [1.54, 1.807) is 12.1 Å². The number of hydrogen-bond donors (Lipinski definition) is 0. The number of rotatable bonds is 8. The summed E-state index contributed by atoms with van der Waals surface area (Å²) in [5.41, 5.74) is 0.883. The van der Waals surface area contributed by atoms with Gasteiger partial charge in [-0.3, -0.25) is 14.9 Å². The summed E-state index contributed by atoms with van der Waals surface area (Å²) in [5, 5.41) is 10.6. The van der Waals surface area contributed by atoms with Crippen molar-refractivity contribution in [3.8, 4) is 0 Å². The standard InChI is InChI=1S/C16H21NO3/c1-3-5-6-13(4-2)11-16(18)12-14-7-9-15(10-8-14)17(19)20/h5-10,13H,3-4,11-12H2,1-2H3/b6-5+. The zero-order chi connectivity index (χ0) is 15.0. The van der Waals surface area contributed by atoms with Crippen LogP contribution in [0.3, 0.4) is 0 Å². The fourth-order valence-electron chi connectivity index (χ4n) is 2.00. The van der Waals surface area contributed by atoms with Gasteiger partial charge in [0.1, 0.15) is 5.78 Å². The van der Waals surface area contributed by atoms with Crippen molar-refractivity contribution in [3.63, 3.8) is 0 Å². The van der Waals surface area contributed by atoms with Gasteiger partial charge in [-0.15, -0.1) is 0 Å². The SMILES string of the molecule is CC/C=C/C(CC)CC(=O)Cc1ccc([N+](=O)[O-])cc1. The van der Waals surface area contributed by atoms with Crippen LogP contribution in [-0.4, -0.2) is 10.7 Å². The fraction of sp³-hybridized carbons (Fsp3) is 0.438. The second-order valence-corrected chi connectivity index (χ2v) is 4.85. The molecule has 108 valence electrons. The number of nitro groups is 1. The minimum Gasteiger partial charge on any atom is -0.299 e. The molecule has 0 aromatic heterocycles. The number of non-ortho nitro benzene ring substituents is 1. The Kier molecular flexibility index (Phi) is 6.64. The lowest BCUT2D eigenvalue weighted by atomic mass is 9.95.